The van der Waals surface area contributed by atoms with Crippen molar-refractivity contribution in [3.05, 3.63) is 21.9 Å². The minimum Gasteiger partial charge on any atom is -0.341 e. The van der Waals surface area contributed by atoms with Gasteiger partial charge in [-0.3, -0.25) is 4.79 Å². The zero-order valence-electron chi connectivity index (χ0n) is 12.8. The molecule has 1 aromatic heterocycles. The topological polar surface area (TPSA) is 32.3 Å². The number of amides is 1. The van der Waals surface area contributed by atoms with Crippen LogP contribution in [-0.4, -0.2) is 30.9 Å². The number of thiophene rings is 1. The van der Waals surface area contributed by atoms with Crippen LogP contribution in [0.4, 0.5) is 0 Å². The van der Waals surface area contributed by atoms with Crippen molar-refractivity contribution in [1.82, 2.24) is 10.2 Å². The summed E-state index contributed by atoms with van der Waals surface area (Å²) in [5.74, 6) is 1.48. The predicted octanol–water partition coefficient (Wildman–Crippen LogP) is 3.04. The van der Waals surface area contributed by atoms with Crippen LogP contribution in [0, 0.1) is 18.8 Å². The van der Waals surface area contributed by atoms with Crippen molar-refractivity contribution in [3.63, 3.8) is 0 Å². The van der Waals surface area contributed by atoms with Crippen LogP contribution < -0.4 is 5.32 Å². The van der Waals surface area contributed by atoms with Crippen LogP contribution in [0.5, 0.6) is 0 Å². The Balaban J connectivity index is 1.80. The molecular formula is C16H26N2OS. The maximum Gasteiger partial charge on any atom is 0.222 e. The molecule has 2 heterocycles. The summed E-state index contributed by atoms with van der Waals surface area (Å²) in [6.07, 6.45) is 3.11. The molecule has 1 aromatic rings. The van der Waals surface area contributed by atoms with E-state index in [2.05, 4.69) is 31.3 Å². The van der Waals surface area contributed by atoms with Gasteiger partial charge in [-0.1, -0.05) is 6.92 Å². The Bertz CT molecular complexity index is 437. The molecule has 4 heteroatoms. The van der Waals surface area contributed by atoms with E-state index in [9.17, 15) is 4.79 Å². The van der Waals surface area contributed by atoms with E-state index in [4.69, 9.17) is 0 Å². The second kappa shape index (κ2) is 7.23. The molecule has 1 aliphatic rings. The first-order chi connectivity index (χ1) is 9.56. The lowest BCUT2D eigenvalue weighted by Gasteiger charge is -2.29. The molecule has 1 unspecified atom stereocenters. The lowest BCUT2D eigenvalue weighted by molar-refractivity contribution is -0.131. The fourth-order valence-corrected chi connectivity index (χ4v) is 3.85. The van der Waals surface area contributed by atoms with Crippen molar-refractivity contribution in [2.75, 3.05) is 20.1 Å². The summed E-state index contributed by atoms with van der Waals surface area (Å²) in [4.78, 5) is 16.8. The van der Waals surface area contributed by atoms with E-state index in [0.717, 1.165) is 19.6 Å². The van der Waals surface area contributed by atoms with Crippen molar-refractivity contribution >= 4 is 17.2 Å². The van der Waals surface area contributed by atoms with E-state index in [1.54, 1.807) is 11.3 Å². The van der Waals surface area contributed by atoms with Gasteiger partial charge in [0.25, 0.3) is 0 Å². The van der Waals surface area contributed by atoms with Crippen LogP contribution in [-0.2, 0) is 11.3 Å². The lowest BCUT2D eigenvalue weighted by atomic mass is 9.84. The quantitative estimate of drug-likeness (QED) is 0.905. The maximum absolute atomic E-state index is 12.3. The summed E-state index contributed by atoms with van der Waals surface area (Å²) in [6, 6.07) is 4.25. The number of nitrogens with one attached hydrogen (secondary N) is 1. The smallest absolute Gasteiger partial charge is 0.222 e. The van der Waals surface area contributed by atoms with Gasteiger partial charge in [-0.05, 0) is 56.8 Å². The SMILES string of the molecule is Cc1ccc(CN(C)C(=O)CC(C)C2CCNCC2)s1. The number of carbonyl (C=O) groups is 1. The molecule has 0 radical (unpaired) electrons. The molecule has 2 rings (SSSR count). The van der Waals surface area contributed by atoms with Gasteiger partial charge in [-0.15, -0.1) is 11.3 Å². The van der Waals surface area contributed by atoms with Gasteiger partial charge in [0.15, 0.2) is 0 Å². The average molecular weight is 294 g/mol. The molecule has 112 valence electrons. The molecule has 20 heavy (non-hydrogen) atoms. The Morgan fingerprint density at radius 1 is 1.45 bits per heavy atom. The molecule has 0 saturated carbocycles. The normalized spacial score (nSPS) is 17.9. The summed E-state index contributed by atoms with van der Waals surface area (Å²) < 4.78 is 0. The van der Waals surface area contributed by atoms with Crippen molar-refractivity contribution in [2.45, 2.75) is 39.7 Å². The fraction of sp³-hybridized carbons (Fsp3) is 0.688. The van der Waals surface area contributed by atoms with Crippen molar-refractivity contribution in [1.29, 1.82) is 0 Å². The predicted molar refractivity (Wildman–Crippen MR) is 84.9 cm³/mol. The molecule has 0 aromatic carbocycles. The number of rotatable bonds is 5. The lowest BCUT2D eigenvalue weighted by Crippen LogP contribution is -2.34. The van der Waals surface area contributed by atoms with E-state index in [0.29, 0.717) is 18.3 Å². The highest BCUT2D eigenvalue weighted by atomic mass is 32.1. The molecule has 1 N–H and O–H groups in total. The van der Waals surface area contributed by atoms with E-state index >= 15 is 0 Å². The first-order valence-corrected chi connectivity index (χ1v) is 8.38. The van der Waals surface area contributed by atoms with Gasteiger partial charge in [0.2, 0.25) is 5.91 Å². The van der Waals surface area contributed by atoms with E-state index in [1.807, 2.05) is 11.9 Å². The van der Waals surface area contributed by atoms with Crippen LogP contribution in [0.2, 0.25) is 0 Å². The molecule has 0 aliphatic carbocycles. The Labute approximate surface area is 126 Å². The Hall–Kier alpha value is -0.870. The van der Waals surface area contributed by atoms with Crippen molar-refractivity contribution < 1.29 is 4.79 Å². The first kappa shape index (κ1) is 15.5. The largest absolute Gasteiger partial charge is 0.341 e. The summed E-state index contributed by atoms with van der Waals surface area (Å²) in [6.45, 7) is 7.30. The maximum atomic E-state index is 12.3. The molecule has 0 bridgehead atoms. The molecule has 1 saturated heterocycles. The van der Waals surface area contributed by atoms with E-state index < -0.39 is 0 Å². The van der Waals surface area contributed by atoms with E-state index in [-0.39, 0.29) is 5.91 Å². The summed E-state index contributed by atoms with van der Waals surface area (Å²) in [7, 11) is 1.92. The van der Waals surface area contributed by atoms with Crippen molar-refractivity contribution in [2.24, 2.45) is 11.8 Å². The highest BCUT2D eigenvalue weighted by molar-refractivity contribution is 7.11. The molecule has 0 spiro atoms. The number of carbonyl (C=O) groups excluding carboxylic acids is 1. The van der Waals surface area contributed by atoms with Crippen molar-refractivity contribution in [3.8, 4) is 0 Å². The average Bonchev–Trinajstić information content (AvgIpc) is 2.85. The van der Waals surface area contributed by atoms with Crippen LogP contribution in [0.1, 0.15) is 35.9 Å². The van der Waals surface area contributed by atoms with Crippen LogP contribution in [0.15, 0.2) is 12.1 Å². The minimum atomic E-state index is 0.280. The monoisotopic (exact) mass is 294 g/mol. The molecule has 1 aliphatic heterocycles. The number of aryl methyl sites for hydroxylation is 1. The van der Waals surface area contributed by atoms with Gasteiger partial charge in [-0.25, -0.2) is 0 Å². The zero-order chi connectivity index (χ0) is 14.5. The first-order valence-electron chi connectivity index (χ1n) is 7.56. The van der Waals surface area contributed by atoms with Gasteiger partial charge in [-0.2, -0.15) is 0 Å². The van der Waals surface area contributed by atoms with Crippen LogP contribution >= 0.6 is 11.3 Å². The van der Waals surface area contributed by atoms with Gasteiger partial charge in [0.1, 0.15) is 0 Å². The summed E-state index contributed by atoms with van der Waals surface area (Å²) in [5, 5.41) is 3.39. The molecule has 1 fully saturated rings. The number of hydrogen-bond donors (Lipinski definition) is 1. The Morgan fingerprint density at radius 3 is 2.75 bits per heavy atom. The fourth-order valence-electron chi connectivity index (χ4n) is 2.90. The number of hydrogen-bond acceptors (Lipinski definition) is 3. The summed E-state index contributed by atoms with van der Waals surface area (Å²) in [5.41, 5.74) is 0. The molecule has 1 amide bonds. The zero-order valence-corrected chi connectivity index (χ0v) is 13.6. The van der Waals surface area contributed by atoms with Gasteiger partial charge in [0, 0.05) is 23.2 Å². The van der Waals surface area contributed by atoms with Gasteiger partial charge in [0.05, 0.1) is 6.54 Å². The van der Waals surface area contributed by atoms with Crippen LogP contribution in [0.25, 0.3) is 0 Å². The van der Waals surface area contributed by atoms with E-state index in [1.165, 1.54) is 22.6 Å². The highest BCUT2D eigenvalue weighted by Gasteiger charge is 2.23. The van der Waals surface area contributed by atoms with Gasteiger partial charge < -0.3 is 10.2 Å². The third kappa shape index (κ3) is 4.32. The van der Waals surface area contributed by atoms with Crippen LogP contribution in [0.3, 0.4) is 0 Å². The molecule has 3 nitrogen and oxygen atoms in total. The second-order valence-corrected chi connectivity index (χ2v) is 7.40. The summed E-state index contributed by atoms with van der Waals surface area (Å²) >= 11 is 1.78. The Morgan fingerprint density at radius 2 is 2.15 bits per heavy atom. The second-order valence-electron chi connectivity index (χ2n) is 6.03. The minimum absolute atomic E-state index is 0.280. The van der Waals surface area contributed by atoms with Gasteiger partial charge >= 0.3 is 0 Å². The highest BCUT2D eigenvalue weighted by Crippen LogP contribution is 2.25. The number of piperidine rings is 1. The molecular weight excluding hydrogens is 268 g/mol. The third-order valence-electron chi connectivity index (χ3n) is 4.30. The standard InChI is InChI=1S/C16H26N2OS/c1-12(14-6-8-17-9-7-14)10-16(19)18(3)11-15-5-4-13(2)20-15/h4-5,12,14,17H,6-11H2,1-3H3. The Kier molecular flexibility index (Phi) is 5.61. The number of nitrogens with zero attached hydrogens (tertiary/aromatic N) is 1. The third-order valence-corrected chi connectivity index (χ3v) is 5.29. The molecule has 1 atom stereocenters.